The molecule has 0 aliphatic carbocycles. The average molecular weight is 506 g/mol. The third kappa shape index (κ3) is 6.12. The second kappa shape index (κ2) is 11.2. The van der Waals surface area contributed by atoms with Crippen molar-refractivity contribution >= 4 is 67.8 Å². The SMILES string of the molecule is CO/N=C(\C(=O)N[C@H]1C(=O)N(S(=O)(=O)[O-])[C@H]1C(=O)OC)c1csc(NC(=O)CCl)n1.[Na+]. The molecule has 18 heteroatoms. The summed E-state index contributed by atoms with van der Waals surface area (Å²) in [5, 5.41) is 9.35. The Kier molecular flexibility index (Phi) is 9.80. The van der Waals surface area contributed by atoms with Gasteiger partial charge < -0.3 is 24.8 Å². The van der Waals surface area contributed by atoms with Gasteiger partial charge in [-0.25, -0.2) is 22.5 Å². The van der Waals surface area contributed by atoms with Gasteiger partial charge >= 0.3 is 35.5 Å². The summed E-state index contributed by atoms with van der Waals surface area (Å²) in [5.41, 5.74) is -0.529. The molecule has 0 bridgehead atoms. The summed E-state index contributed by atoms with van der Waals surface area (Å²) < 4.78 is 37.7. The summed E-state index contributed by atoms with van der Waals surface area (Å²) in [5.74, 6) is -4.52. The van der Waals surface area contributed by atoms with Gasteiger partial charge in [-0.1, -0.05) is 5.16 Å². The Morgan fingerprint density at radius 3 is 2.55 bits per heavy atom. The van der Waals surface area contributed by atoms with Crippen LogP contribution in [0.2, 0.25) is 0 Å². The summed E-state index contributed by atoms with van der Waals surface area (Å²) in [7, 11) is -3.29. The molecular weight excluding hydrogens is 493 g/mol. The van der Waals surface area contributed by atoms with Crippen molar-refractivity contribution in [2.45, 2.75) is 12.1 Å². The van der Waals surface area contributed by atoms with Crippen LogP contribution in [0.15, 0.2) is 10.5 Å². The molecular formula is C13H13ClN5NaO9S2. The zero-order valence-electron chi connectivity index (χ0n) is 16.1. The van der Waals surface area contributed by atoms with E-state index in [0.717, 1.165) is 25.6 Å². The van der Waals surface area contributed by atoms with E-state index in [1.54, 1.807) is 0 Å². The largest absolute Gasteiger partial charge is 1.00 e. The molecule has 1 aromatic rings. The predicted molar refractivity (Wildman–Crippen MR) is 99.3 cm³/mol. The number of nitrogens with zero attached hydrogens (tertiary/aromatic N) is 3. The summed E-state index contributed by atoms with van der Waals surface area (Å²) in [6, 6.07) is -3.59. The number of carbonyl (C=O) groups is 4. The fraction of sp³-hybridized carbons (Fsp3) is 0.385. The normalized spacial score (nSPS) is 18.4. The van der Waals surface area contributed by atoms with Crippen molar-refractivity contribution in [2.75, 3.05) is 25.4 Å². The van der Waals surface area contributed by atoms with E-state index >= 15 is 0 Å². The van der Waals surface area contributed by atoms with E-state index in [0.29, 0.717) is 0 Å². The first kappa shape index (κ1) is 27.2. The number of aromatic nitrogens is 1. The number of halogens is 1. The van der Waals surface area contributed by atoms with Crippen molar-refractivity contribution in [3.63, 3.8) is 0 Å². The molecule has 2 atom stereocenters. The van der Waals surface area contributed by atoms with E-state index in [-0.39, 0.29) is 50.6 Å². The van der Waals surface area contributed by atoms with Crippen molar-refractivity contribution in [2.24, 2.45) is 5.16 Å². The second-order valence-corrected chi connectivity index (χ2v) is 7.73. The Bertz CT molecular complexity index is 1010. The number of carbonyl (C=O) groups excluding carboxylic acids is 4. The van der Waals surface area contributed by atoms with Crippen LogP contribution in [0.1, 0.15) is 5.69 Å². The van der Waals surface area contributed by atoms with Gasteiger partial charge in [0.1, 0.15) is 24.7 Å². The van der Waals surface area contributed by atoms with Crippen LogP contribution in [0, 0.1) is 0 Å². The summed E-state index contributed by atoms with van der Waals surface area (Å²) in [6.07, 6.45) is 0. The second-order valence-electron chi connectivity index (χ2n) is 5.35. The van der Waals surface area contributed by atoms with Gasteiger partial charge in [0.2, 0.25) is 5.91 Å². The molecule has 3 amide bonds. The minimum Gasteiger partial charge on any atom is -0.731 e. The molecule has 0 aromatic carbocycles. The van der Waals surface area contributed by atoms with Gasteiger partial charge in [-0.3, -0.25) is 14.4 Å². The fourth-order valence-electron chi connectivity index (χ4n) is 2.30. The van der Waals surface area contributed by atoms with E-state index in [4.69, 9.17) is 11.6 Å². The number of anilines is 1. The van der Waals surface area contributed by atoms with Crippen molar-refractivity contribution in [3.8, 4) is 0 Å². The van der Waals surface area contributed by atoms with E-state index < -0.39 is 51.8 Å². The van der Waals surface area contributed by atoms with Crippen molar-refractivity contribution < 1.29 is 71.3 Å². The minimum absolute atomic E-state index is 0. The van der Waals surface area contributed by atoms with Crippen molar-refractivity contribution in [3.05, 3.63) is 11.1 Å². The molecule has 0 saturated carbocycles. The molecule has 1 aliphatic heterocycles. The summed E-state index contributed by atoms with van der Waals surface area (Å²) >= 11 is 6.31. The number of β-lactam (4-membered cyclic amide) rings is 1. The van der Waals surface area contributed by atoms with Gasteiger partial charge in [0.15, 0.2) is 27.2 Å². The molecule has 164 valence electrons. The Balaban J connectivity index is 0.00000480. The monoisotopic (exact) mass is 505 g/mol. The number of rotatable bonds is 8. The maximum atomic E-state index is 12.6. The first-order chi connectivity index (χ1) is 14.0. The van der Waals surface area contributed by atoms with E-state index in [2.05, 4.69) is 30.3 Å². The van der Waals surface area contributed by atoms with E-state index in [9.17, 15) is 32.1 Å². The molecule has 1 saturated heterocycles. The number of nitrogens with one attached hydrogen (secondary N) is 2. The molecule has 1 aliphatic rings. The number of ether oxygens (including phenoxy) is 1. The topological polar surface area (TPSA) is 196 Å². The zero-order chi connectivity index (χ0) is 22.6. The number of thiazole rings is 1. The predicted octanol–water partition coefficient (Wildman–Crippen LogP) is -5.00. The number of methoxy groups -OCH3 is 1. The third-order valence-electron chi connectivity index (χ3n) is 3.53. The van der Waals surface area contributed by atoms with E-state index in [1.807, 2.05) is 0 Å². The average Bonchev–Trinajstić information content (AvgIpc) is 3.13. The molecule has 14 nitrogen and oxygen atoms in total. The molecule has 31 heavy (non-hydrogen) atoms. The van der Waals surface area contributed by atoms with Crippen LogP contribution >= 0.6 is 22.9 Å². The van der Waals surface area contributed by atoms with Crippen molar-refractivity contribution in [1.82, 2.24) is 14.6 Å². The Labute approximate surface area is 206 Å². The van der Waals surface area contributed by atoms with E-state index in [1.165, 1.54) is 5.38 Å². The van der Waals surface area contributed by atoms with Crippen LogP contribution in [0.3, 0.4) is 0 Å². The van der Waals surface area contributed by atoms with Gasteiger partial charge in [0, 0.05) is 5.38 Å². The van der Waals surface area contributed by atoms with Gasteiger partial charge in [-0.15, -0.1) is 22.9 Å². The number of hydrogen-bond acceptors (Lipinski definition) is 12. The molecule has 1 fully saturated rings. The fourth-order valence-corrected chi connectivity index (χ4v) is 3.90. The first-order valence-electron chi connectivity index (χ1n) is 7.65. The van der Waals surface area contributed by atoms with Crippen LogP contribution in [0.5, 0.6) is 0 Å². The standard InChI is InChI=1S/C13H14ClN5O9S2.Na/c1-27-12(23)9-8(11(22)19(9)30(24,25)26)17-10(21)7(18-28-2)5-4-29-13(15-5)16-6(20)3-14;/h4,8-9H,3H2,1-2H3,(H,17,21)(H,15,16,20)(H,24,25,26);/q;+1/p-1/b18-7-;/t8-,9-;/m1./s1. The van der Waals surface area contributed by atoms with Crippen LogP contribution in [0.4, 0.5) is 5.13 Å². The van der Waals surface area contributed by atoms with Crippen molar-refractivity contribution in [1.29, 1.82) is 0 Å². The van der Waals surface area contributed by atoms with Crippen LogP contribution in [0.25, 0.3) is 0 Å². The van der Waals surface area contributed by atoms with Gasteiger partial charge in [0.05, 0.1) is 7.11 Å². The summed E-state index contributed by atoms with van der Waals surface area (Å²) in [6.45, 7) is 0. The minimum atomic E-state index is -5.32. The Hall–Kier alpha value is -1.82. The number of hydrogen-bond donors (Lipinski definition) is 2. The quantitative estimate of drug-likeness (QED) is 0.0656. The number of esters is 1. The number of amides is 3. The van der Waals surface area contributed by atoms with Gasteiger partial charge in [-0.2, -0.15) is 0 Å². The maximum absolute atomic E-state index is 12.6. The Morgan fingerprint density at radius 1 is 1.39 bits per heavy atom. The molecule has 2 heterocycles. The van der Waals surface area contributed by atoms with Crippen LogP contribution in [-0.2, 0) is 39.1 Å². The molecule has 2 rings (SSSR count). The molecule has 0 radical (unpaired) electrons. The molecule has 0 spiro atoms. The smallest absolute Gasteiger partial charge is 0.731 e. The molecule has 0 unspecified atom stereocenters. The summed E-state index contributed by atoms with van der Waals surface area (Å²) in [4.78, 5) is 56.2. The Morgan fingerprint density at radius 2 is 2.03 bits per heavy atom. The molecule has 1 aromatic heterocycles. The zero-order valence-corrected chi connectivity index (χ0v) is 20.5. The third-order valence-corrected chi connectivity index (χ3v) is 5.42. The first-order valence-corrected chi connectivity index (χ1v) is 10.4. The van der Waals surface area contributed by atoms with Gasteiger partial charge in [-0.05, 0) is 0 Å². The van der Waals surface area contributed by atoms with Crippen LogP contribution in [-0.4, -0.2) is 83.8 Å². The van der Waals surface area contributed by atoms with Gasteiger partial charge in [0.25, 0.3) is 11.8 Å². The maximum Gasteiger partial charge on any atom is 1.00 e. The number of alkyl halides is 1. The number of oxime groups is 1. The molecule has 2 N–H and O–H groups in total. The van der Waals surface area contributed by atoms with Crippen LogP contribution < -0.4 is 40.2 Å².